The molecular formula is C13H22NO4S+. The molecule has 0 spiro atoms. The summed E-state index contributed by atoms with van der Waals surface area (Å²) in [5, 5.41) is 18.2. The number of aliphatic hydroxyl groups excluding tert-OH is 2. The van der Waals surface area contributed by atoms with Crippen molar-refractivity contribution in [1.82, 2.24) is 0 Å². The Balaban J connectivity index is 2.86. The highest BCUT2D eigenvalue weighted by atomic mass is 32.2. The first-order chi connectivity index (χ1) is 8.80. The van der Waals surface area contributed by atoms with Crippen LogP contribution in [0.4, 0.5) is 0 Å². The van der Waals surface area contributed by atoms with Crippen LogP contribution >= 0.6 is 0 Å². The Morgan fingerprint density at radius 3 is 1.89 bits per heavy atom. The molecular weight excluding hydrogens is 266 g/mol. The normalized spacial score (nSPS) is 12.6. The molecule has 0 unspecified atom stereocenters. The number of hydrogen-bond donors (Lipinski definition) is 2. The summed E-state index contributed by atoms with van der Waals surface area (Å²) in [5.41, 5.74) is 0.983. The van der Waals surface area contributed by atoms with Crippen LogP contribution in [-0.2, 0) is 16.4 Å². The average molecular weight is 288 g/mol. The van der Waals surface area contributed by atoms with Crippen LogP contribution in [0.25, 0.3) is 0 Å². The molecule has 0 amide bonds. The van der Waals surface area contributed by atoms with Crippen LogP contribution in [0.3, 0.4) is 0 Å². The largest absolute Gasteiger partial charge is 0.391 e. The van der Waals surface area contributed by atoms with Crippen LogP contribution in [0.15, 0.2) is 29.2 Å². The molecule has 2 N–H and O–H groups in total. The molecule has 1 rings (SSSR count). The van der Waals surface area contributed by atoms with Crippen molar-refractivity contribution in [1.29, 1.82) is 0 Å². The lowest BCUT2D eigenvalue weighted by atomic mass is 10.2. The summed E-state index contributed by atoms with van der Waals surface area (Å²) < 4.78 is 23.2. The van der Waals surface area contributed by atoms with Gasteiger partial charge in [0, 0.05) is 11.8 Å². The summed E-state index contributed by atoms with van der Waals surface area (Å²) in [4.78, 5) is 0.301. The monoisotopic (exact) mass is 288 g/mol. The minimum absolute atomic E-state index is 0.0535. The number of hydrogen-bond acceptors (Lipinski definition) is 4. The summed E-state index contributed by atoms with van der Waals surface area (Å²) in [6, 6.07) is 6.74. The van der Waals surface area contributed by atoms with Gasteiger partial charge in [0.05, 0.1) is 25.2 Å². The summed E-state index contributed by atoms with van der Waals surface area (Å²) in [7, 11) is -1.21. The number of likely N-dealkylation sites (N-methyl/N-ethyl adjacent to an activating group) is 1. The first-order valence-corrected chi connectivity index (χ1v) is 8.04. The first kappa shape index (κ1) is 16.1. The van der Waals surface area contributed by atoms with Crippen LogP contribution in [0, 0.1) is 0 Å². The van der Waals surface area contributed by atoms with E-state index in [0.29, 0.717) is 29.0 Å². The van der Waals surface area contributed by atoms with Crippen LogP contribution in [-0.4, -0.2) is 62.7 Å². The van der Waals surface area contributed by atoms with Crippen LogP contribution in [0.1, 0.15) is 5.56 Å². The number of sulfone groups is 1. The van der Waals surface area contributed by atoms with Crippen molar-refractivity contribution in [3.63, 3.8) is 0 Å². The van der Waals surface area contributed by atoms with Gasteiger partial charge in [-0.05, 0) is 12.1 Å². The predicted octanol–water partition coefficient (Wildman–Crippen LogP) is 0.0213. The number of nitrogens with zero attached hydrogens (tertiary/aromatic N) is 1. The second-order valence-electron chi connectivity index (χ2n) is 5.09. The van der Waals surface area contributed by atoms with Crippen LogP contribution < -0.4 is 0 Å². The van der Waals surface area contributed by atoms with Crippen molar-refractivity contribution in [2.75, 3.05) is 39.6 Å². The summed E-state index contributed by atoms with van der Waals surface area (Å²) >= 11 is 0. The van der Waals surface area contributed by atoms with E-state index in [1.54, 1.807) is 24.3 Å². The van der Waals surface area contributed by atoms with Gasteiger partial charge in [-0.3, -0.25) is 0 Å². The first-order valence-electron chi connectivity index (χ1n) is 6.15. The van der Waals surface area contributed by atoms with Gasteiger partial charge in [-0.2, -0.15) is 0 Å². The number of rotatable bonds is 7. The van der Waals surface area contributed by atoms with E-state index in [0.717, 1.165) is 5.56 Å². The lowest BCUT2D eigenvalue weighted by Gasteiger charge is -2.33. The number of aliphatic hydroxyl groups is 2. The molecule has 0 bridgehead atoms. The molecule has 0 saturated heterocycles. The Hall–Kier alpha value is -0.950. The second kappa shape index (κ2) is 6.47. The standard InChI is InChI=1S/C13H22NO4S/c1-14(7-9-15,8-10-16)11-12-3-5-13(6-4-12)19(2,17)18/h3-6,15-16H,7-11H2,1-2H3/q+1. The van der Waals surface area contributed by atoms with Crippen molar-refractivity contribution < 1.29 is 23.1 Å². The third kappa shape index (κ3) is 4.91. The maximum Gasteiger partial charge on any atom is 0.175 e. The Morgan fingerprint density at radius 1 is 1.05 bits per heavy atom. The van der Waals surface area contributed by atoms with Gasteiger partial charge < -0.3 is 14.7 Å². The summed E-state index contributed by atoms with van der Waals surface area (Å²) in [5.74, 6) is 0. The molecule has 6 heteroatoms. The van der Waals surface area contributed by atoms with E-state index in [9.17, 15) is 8.42 Å². The van der Waals surface area contributed by atoms with Gasteiger partial charge in [0.1, 0.15) is 19.6 Å². The summed E-state index contributed by atoms with van der Waals surface area (Å²) in [6.07, 6.45) is 1.18. The van der Waals surface area contributed by atoms with Gasteiger partial charge in [-0.1, -0.05) is 12.1 Å². The van der Waals surface area contributed by atoms with Crippen molar-refractivity contribution in [3.05, 3.63) is 29.8 Å². The molecule has 0 fully saturated rings. The Labute approximate surface area is 114 Å². The SMILES string of the molecule is C[N+](CCO)(CCO)Cc1ccc(S(C)(=O)=O)cc1. The lowest BCUT2D eigenvalue weighted by molar-refractivity contribution is -0.923. The molecule has 108 valence electrons. The van der Waals surface area contributed by atoms with Gasteiger partial charge in [-0.25, -0.2) is 8.42 Å². The van der Waals surface area contributed by atoms with Gasteiger partial charge >= 0.3 is 0 Å². The Morgan fingerprint density at radius 2 is 1.53 bits per heavy atom. The zero-order valence-electron chi connectivity index (χ0n) is 11.4. The van der Waals surface area contributed by atoms with E-state index >= 15 is 0 Å². The van der Waals surface area contributed by atoms with Gasteiger partial charge in [0.2, 0.25) is 0 Å². The fourth-order valence-electron chi connectivity index (χ4n) is 2.04. The third-order valence-corrected chi connectivity index (χ3v) is 4.32. The molecule has 0 aliphatic rings. The summed E-state index contributed by atoms with van der Waals surface area (Å²) in [6.45, 7) is 1.85. The minimum Gasteiger partial charge on any atom is -0.391 e. The molecule has 0 atom stereocenters. The Kier molecular flexibility index (Phi) is 5.49. The number of quaternary nitrogens is 1. The lowest BCUT2D eigenvalue weighted by Crippen LogP contribution is -2.47. The van der Waals surface area contributed by atoms with E-state index < -0.39 is 9.84 Å². The molecule has 0 saturated carbocycles. The van der Waals surface area contributed by atoms with Crippen LogP contribution in [0.2, 0.25) is 0 Å². The molecule has 0 aliphatic carbocycles. The smallest absolute Gasteiger partial charge is 0.175 e. The van der Waals surface area contributed by atoms with E-state index in [4.69, 9.17) is 10.2 Å². The predicted molar refractivity (Wildman–Crippen MR) is 73.3 cm³/mol. The van der Waals surface area contributed by atoms with Gasteiger partial charge in [0.25, 0.3) is 0 Å². The van der Waals surface area contributed by atoms with Gasteiger partial charge in [-0.15, -0.1) is 0 Å². The van der Waals surface area contributed by atoms with Gasteiger partial charge in [0.15, 0.2) is 9.84 Å². The molecule has 0 aromatic heterocycles. The molecule has 19 heavy (non-hydrogen) atoms. The van der Waals surface area contributed by atoms with Crippen LogP contribution in [0.5, 0.6) is 0 Å². The van der Waals surface area contributed by atoms with Crippen molar-refractivity contribution in [2.45, 2.75) is 11.4 Å². The quantitative estimate of drug-likeness (QED) is 0.694. The Bertz CT molecular complexity index is 490. The van der Waals surface area contributed by atoms with Crippen molar-refractivity contribution in [3.8, 4) is 0 Å². The van der Waals surface area contributed by atoms with E-state index in [1.807, 2.05) is 7.05 Å². The second-order valence-corrected chi connectivity index (χ2v) is 7.10. The highest BCUT2D eigenvalue weighted by molar-refractivity contribution is 7.90. The van der Waals surface area contributed by atoms with Crippen molar-refractivity contribution >= 4 is 9.84 Å². The third-order valence-electron chi connectivity index (χ3n) is 3.20. The maximum atomic E-state index is 11.4. The molecule has 0 aliphatic heterocycles. The molecule has 0 heterocycles. The zero-order valence-corrected chi connectivity index (χ0v) is 12.2. The molecule has 1 aromatic carbocycles. The zero-order chi connectivity index (χ0) is 14.5. The molecule has 5 nitrogen and oxygen atoms in total. The fraction of sp³-hybridized carbons (Fsp3) is 0.538. The highest BCUT2D eigenvalue weighted by Gasteiger charge is 2.21. The molecule has 1 aromatic rings. The minimum atomic E-state index is -3.17. The van der Waals surface area contributed by atoms with E-state index in [2.05, 4.69) is 0 Å². The number of benzene rings is 1. The van der Waals surface area contributed by atoms with E-state index in [1.165, 1.54) is 6.26 Å². The average Bonchev–Trinajstić information content (AvgIpc) is 2.28. The van der Waals surface area contributed by atoms with Crippen molar-refractivity contribution in [2.24, 2.45) is 0 Å². The highest BCUT2D eigenvalue weighted by Crippen LogP contribution is 2.15. The topological polar surface area (TPSA) is 74.6 Å². The van der Waals surface area contributed by atoms with E-state index in [-0.39, 0.29) is 13.2 Å². The molecule has 0 radical (unpaired) electrons. The fourth-order valence-corrected chi connectivity index (χ4v) is 2.67. The maximum absolute atomic E-state index is 11.4.